The molecular weight excluding hydrogens is 308 g/mol. The van der Waals surface area contributed by atoms with Gasteiger partial charge in [-0.25, -0.2) is 0 Å². The summed E-state index contributed by atoms with van der Waals surface area (Å²) >= 11 is 0. The number of methoxy groups -OCH3 is 1. The van der Waals surface area contributed by atoms with Crippen molar-refractivity contribution in [3.05, 3.63) is 69.8 Å². The van der Waals surface area contributed by atoms with Crippen LogP contribution in [0, 0.1) is 6.92 Å². The number of carbonyl (C=O) groups is 1. The van der Waals surface area contributed by atoms with E-state index in [1.807, 2.05) is 36.4 Å². The van der Waals surface area contributed by atoms with Crippen LogP contribution in [0.5, 0.6) is 0 Å². The lowest BCUT2D eigenvalue weighted by molar-refractivity contribution is -0.140. The van der Waals surface area contributed by atoms with E-state index < -0.39 is 11.9 Å². The molecule has 3 rings (SSSR count). The van der Waals surface area contributed by atoms with E-state index in [-0.39, 0.29) is 12.0 Å². The predicted octanol–water partition coefficient (Wildman–Crippen LogP) is 2.97. The number of aryl methyl sites for hydroxylation is 1. The summed E-state index contributed by atoms with van der Waals surface area (Å²) in [5, 5.41) is 5.33. The first-order valence-corrected chi connectivity index (χ1v) is 7.59. The molecule has 0 aliphatic carbocycles. The summed E-state index contributed by atoms with van der Waals surface area (Å²) in [6.07, 6.45) is 0.0278. The van der Waals surface area contributed by atoms with E-state index in [0.717, 1.165) is 5.56 Å². The van der Waals surface area contributed by atoms with Gasteiger partial charge in [-0.3, -0.25) is 14.7 Å². The SMILES string of the molecule is COC(=O)CC(c1ccc(-c2ccccc2)o1)c1c(C)[nH][nH]c1=O. The number of hydrogen-bond donors (Lipinski definition) is 2. The van der Waals surface area contributed by atoms with Gasteiger partial charge in [0.05, 0.1) is 25.0 Å². The second-order valence-electron chi connectivity index (χ2n) is 5.52. The number of ether oxygens (including phenoxy) is 1. The number of aromatic nitrogens is 2. The first-order chi connectivity index (χ1) is 11.6. The number of aromatic amines is 2. The quantitative estimate of drug-likeness (QED) is 0.706. The molecule has 24 heavy (non-hydrogen) atoms. The summed E-state index contributed by atoms with van der Waals surface area (Å²) in [4.78, 5) is 23.9. The number of furan rings is 1. The third-order valence-corrected chi connectivity index (χ3v) is 3.99. The molecule has 3 aromatic rings. The molecule has 1 aromatic carbocycles. The van der Waals surface area contributed by atoms with E-state index in [9.17, 15) is 9.59 Å². The van der Waals surface area contributed by atoms with Gasteiger partial charge in [0.15, 0.2) is 0 Å². The maximum atomic E-state index is 12.1. The van der Waals surface area contributed by atoms with Crippen LogP contribution in [-0.2, 0) is 9.53 Å². The van der Waals surface area contributed by atoms with Crippen molar-refractivity contribution in [1.82, 2.24) is 10.2 Å². The highest BCUT2D eigenvalue weighted by molar-refractivity contribution is 5.71. The second kappa shape index (κ2) is 6.62. The third-order valence-electron chi connectivity index (χ3n) is 3.99. The Hall–Kier alpha value is -3.02. The van der Waals surface area contributed by atoms with E-state index in [0.29, 0.717) is 22.8 Å². The maximum Gasteiger partial charge on any atom is 0.306 e. The molecule has 0 spiro atoms. The van der Waals surface area contributed by atoms with Crippen molar-refractivity contribution >= 4 is 5.97 Å². The largest absolute Gasteiger partial charge is 0.469 e. The first kappa shape index (κ1) is 15.9. The summed E-state index contributed by atoms with van der Waals surface area (Å²) in [5.74, 6) is 0.320. The monoisotopic (exact) mass is 326 g/mol. The average molecular weight is 326 g/mol. The van der Waals surface area contributed by atoms with Crippen LogP contribution in [-0.4, -0.2) is 23.3 Å². The van der Waals surface area contributed by atoms with E-state index >= 15 is 0 Å². The van der Waals surface area contributed by atoms with Crippen LogP contribution < -0.4 is 5.56 Å². The number of nitrogens with one attached hydrogen (secondary N) is 2. The smallest absolute Gasteiger partial charge is 0.306 e. The Morgan fingerprint density at radius 1 is 1.17 bits per heavy atom. The highest BCUT2D eigenvalue weighted by Crippen LogP contribution is 2.32. The summed E-state index contributed by atoms with van der Waals surface area (Å²) in [7, 11) is 1.32. The molecular formula is C18H18N2O4. The summed E-state index contributed by atoms with van der Waals surface area (Å²) in [6, 6.07) is 13.3. The number of H-pyrrole nitrogens is 2. The zero-order chi connectivity index (χ0) is 17.1. The number of hydrogen-bond acceptors (Lipinski definition) is 4. The van der Waals surface area contributed by atoms with Crippen molar-refractivity contribution in [2.24, 2.45) is 0 Å². The zero-order valence-corrected chi connectivity index (χ0v) is 13.5. The molecule has 0 aliphatic rings. The van der Waals surface area contributed by atoms with Crippen LogP contribution >= 0.6 is 0 Å². The number of carbonyl (C=O) groups excluding carboxylic acids is 1. The van der Waals surface area contributed by atoms with Crippen LogP contribution in [0.1, 0.15) is 29.4 Å². The number of esters is 1. The fourth-order valence-electron chi connectivity index (χ4n) is 2.77. The summed E-state index contributed by atoms with van der Waals surface area (Å²) in [5.41, 5.74) is 1.82. The minimum Gasteiger partial charge on any atom is -0.469 e. The van der Waals surface area contributed by atoms with Crippen LogP contribution in [0.15, 0.2) is 51.7 Å². The molecule has 0 amide bonds. The fourth-order valence-corrected chi connectivity index (χ4v) is 2.77. The normalized spacial score (nSPS) is 12.1. The molecule has 2 aromatic heterocycles. The predicted molar refractivity (Wildman–Crippen MR) is 88.8 cm³/mol. The van der Waals surface area contributed by atoms with Gasteiger partial charge in [0.1, 0.15) is 11.5 Å². The standard InChI is InChI=1S/C18H18N2O4/c1-11-17(18(22)20-19-11)13(10-16(21)23-2)15-9-8-14(24-15)12-6-4-3-5-7-12/h3-9,13H,10H2,1-2H3,(H2,19,20,22). The molecule has 124 valence electrons. The van der Waals surface area contributed by atoms with Gasteiger partial charge in [-0.1, -0.05) is 30.3 Å². The fraction of sp³-hybridized carbons (Fsp3) is 0.222. The Morgan fingerprint density at radius 2 is 1.92 bits per heavy atom. The van der Waals surface area contributed by atoms with Gasteiger partial charge in [0.2, 0.25) is 0 Å². The Balaban J connectivity index is 2.02. The molecule has 2 N–H and O–H groups in total. The minimum absolute atomic E-state index is 0.0278. The molecule has 0 bridgehead atoms. The van der Waals surface area contributed by atoms with Crippen LogP contribution in [0.3, 0.4) is 0 Å². The van der Waals surface area contributed by atoms with Gasteiger partial charge in [-0.15, -0.1) is 0 Å². The van der Waals surface area contributed by atoms with E-state index in [2.05, 4.69) is 10.2 Å². The Bertz CT molecular complexity index is 889. The Kier molecular flexibility index (Phi) is 4.37. The van der Waals surface area contributed by atoms with Crippen molar-refractivity contribution in [3.8, 4) is 11.3 Å². The van der Waals surface area contributed by atoms with Gasteiger partial charge in [-0.2, -0.15) is 0 Å². The molecule has 6 nitrogen and oxygen atoms in total. The molecule has 0 aliphatic heterocycles. The van der Waals surface area contributed by atoms with Crippen LogP contribution in [0.4, 0.5) is 0 Å². The Labute approximate surface area is 138 Å². The number of rotatable bonds is 5. The summed E-state index contributed by atoms with van der Waals surface area (Å²) < 4.78 is 10.7. The van der Waals surface area contributed by atoms with Crippen molar-refractivity contribution in [3.63, 3.8) is 0 Å². The molecule has 1 atom stereocenters. The van der Waals surface area contributed by atoms with Gasteiger partial charge in [-0.05, 0) is 19.1 Å². The van der Waals surface area contributed by atoms with Gasteiger partial charge in [0, 0.05) is 11.3 Å². The van der Waals surface area contributed by atoms with E-state index in [1.165, 1.54) is 7.11 Å². The molecule has 0 saturated heterocycles. The second-order valence-corrected chi connectivity index (χ2v) is 5.52. The summed E-state index contributed by atoms with van der Waals surface area (Å²) in [6.45, 7) is 1.78. The van der Waals surface area contributed by atoms with E-state index in [1.54, 1.807) is 13.0 Å². The van der Waals surface area contributed by atoms with Gasteiger partial charge in [0.25, 0.3) is 5.56 Å². The average Bonchev–Trinajstić information content (AvgIpc) is 3.21. The Morgan fingerprint density at radius 3 is 2.54 bits per heavy atom. The lowest BCUT2D eigenvalue weighted by Crippen LogP contribution is -2.16. The highest BCUT2D eigenvalue weighted by atomic mass is 16.5. The highest BCUT2D eigenvalue weighted by Gasteiger charge is 2.27. The molecule has 0 radical (unpaired) electrons. The van der Waals surface area contributed by atoms with Crippen LogP contribution in [0.2, 0.25) is 0 Å². The van der Waals surface area contributed by atoms with Crippen molar-refractivity contribution in [2.75, 3.05) is 7.11 Å². The van der Waals surface area contributed by atoms with Crippen molar-refractivity contribution in [1.29, 1.82) is 0 Å². The van der Waals surface area contributed by atoms with Crippen molar-refractivity contribution in [2.45, 2.75) is 19.3 Å². The third kappa shape index (κ3) is 3.03. The lowest BCUT2D eigenvalue weighted by Gasteiger charge is -2.12. The zero-order valence-electron chi connectivity index (χ0n) is 13.5. The molecule has 6 heteroatoms. The first-order valence-electron chi connectivity index (χ1n) is 7.59. The topological polar surface area (TPSA) is 88.1 Å². The van der Waals surface area contributed by atoms with Gasteiger partial charge < -0.3 is 14.3 Å². The molecule has 2 heterocycles. The minimum atomic E-state index is -0.509. The molecule has 0 fully saturated rings. The maximum absolute atomic E-state index is 12.1. The van der Waals surface area contributed by atoms with E-state index in [4.69, 9.17) is 9.15 Å². The molecule has 0 saturated carbocycles. The molecule has 1 unspecified atom stereocenters. The van der Waals surface area contributed by atoms with Gasteiger partial charge >= 0.3 is 5.97 Å². The van der Waals surface area contributed by atoms with Crippen molar-refractivity contribution < 1.29 is 13.9 Å². The lowest BCUT2D eigenvalue weighted by atomic mass is 9.93. The van der Waals surface area contributed by atoms with Crippen LogP contribution in [0.25, 0.3) is 11.3 Å². The number of benzene rings is 1.